The van der Waals surface area contributed by atoms with E-state index in [-0.39, 0.29) is 0 Å². The van der Waals surface area contributed by atoms with E-state index in [1.54, 1.807) is 24.1 Å². The maximum absolute atomic E-state index is 6.14. The number of aromatic nitrogens is 2. The zero-order valence-corrected chi connectivity index (χ0v) is 9.48. The summed E-state index contributed by atoms with van der Waals surface area (Å²) in [6, 6.07) is 0. The Bertz CT molecular complexity index is 590. The van der Waals surface area contributed by atoms with Gasteiger partial charge in [-0.15, -0.1) is 0 Å². The minimum Gasteiger partial charge on any atom is -0.401 e. The molecule has 1 heterocycles. The third kappa shape index (κ3) is 1.66. The molecule has 0 unspecified atom stereocenters. The van der Waals surface area contributed by atoms with Gasteiger partial charge in [0.05, 0.1) is 16.9 Å². The lowest BCUT2D eigenvalue weighted by molar-refractivity contribution is 0.829. The Morgan fingerprint density at radius 2 is 2.38 bits per heavy atom. The SMILES string of the molecule is C=Cn1ncc(=NC)c(=C(N)C2CC2)c1=C. The molecule has 1 saturated carbocycles. The third-order valence-electron chi connectivity index (χ3n) is 2.85. The predicted molar refractivity (Wildman–Crippen MR) is 65.2 cm³/mol. The summed E-state index contributed by atoms with van der Waals surface area (Å²) >= 11 is 0. The van der Waals surface area contributed by atoms with Gasteiger partial charge in [0, 0.05) is 24.2 Å². The highest BCUT2D eigenvalue weighted by Gasteiger charge is 2.25. The topological polar surface area (TPSA) is 56.2 Å². The molecule has 0 radical (unpaired) electrons. The summed E-state index contributed by atoms with van der Waals surface area (Å²) in [6.45, 7) is 7.69. The molecule has 0 spiro atoms. The molecule has 4 nitrogen and oxygen atoms in total. The minimum atomic E-state index is 0.488. The standard InChI is InChI=1S/C12H16N4/c1-4-16-8(2)11(10(14-3)7-15-16)12(13)9-5-6-9/h4,7,9H,1-2,5-6,13H2,3H3. The van der Waals surface area contributed by atoms with Crippen molar-refractivity contribution in [3.05, 3.63) is 28.7 Å². The number of hydrogen-bond donors (Lipinski definition) is 1. The van der Waals surface area contributed by atoms with Crippen molar-refractivity contribution in [2.45, 2.75) is 12.8 Å². The quantitative estimate of drug-likeness (QED) is 0.718. The van der Waals surface area contributed by atoms with Gasteiger partial charge in [-0.2, -0.15) is 5.10 Å². The van der Waals surface area contributed by atoms with Crippen LogP contribution in [0.25, 0.3) is 18.5 Å². The zero-order valence-electron chi connectivity index (χ0n) is 9.48. The Morgan fingerprint density at radius 3 is 2.88 bits per heavy atom. The van der Waals surface area contributed by atoms with E-state index in [1.807, 2.05) is 0 Å². The Morgan fingerprint density at radius 1 is 1.69 bits per heavy atom. The van der Waals surface area contributed by atoms with E-state index in [1.165, 1.54) is 0 Å². The first kappa shape index (κ1) is 10.7. The van der Waals surface area contributed by atoms with Crippen molar-refractivity contribution in [1.29, 1.82) is 0 Å². The Balaban J connectivity index is 2.90. The molecule has 4 heteroatoms. The van der Waals surface area contributed by atoms with Gasteiger partial charge in [-0.25, -0.2) is 4.68 Å². The van der Waals surface area contributed by atoms with Crippen LogP contribution >= 0.6 is 0 Å². The van der Waals surface area contributed by atoms with Gasteiger partial charge in [0.1, 0.15) is 0 Å². The fourth-order valence-electron chi connectivity index (χ4n) is 1.75. The van der Waals surface area contributed by atoms with Gasteiger partial charge in [0.2, 0.25) is 0 Å². The smallest absolute Gasteiger partial charge is 0.0882 e. The van der Waals surface area contributed by atoms with Crippen LogP contribution in [0, 0.1) is 5.92 Å². The minimum absolute atomic E-state index is 0.488. The van der Waals surface area contributed by atoms with Crippen LogP contribution in [0.15, 0.2) is 17.8 Å². The average Bonchev–Trinajstić information content (AvgIpc) is 3.11. The lowest BCUT2D eigenvalue weighted by Crippen LogP contribution is -2.47. The molecule has 0 aliphatic heterocycles. The normalized spacial score (nSPS) is 18.4. The molecule has 1 aromatic rings. The van der Waals surface area contributed by atoms with Crippen molar-refractivity contribution >= 4 is 18.5 Å². The van der Waals surface area contributed by atoms with Gasteiger partial charge in [-0.1, -0.05) is 13.2 Å². The molecule has 16 heavy (non-hydrogen) atoms. The molecule has 1 aliphatic rings. The second-order valence-corrected chi connectivity index (χ2v) is 3.93. The van der Waals surface area contributed by atoms with Gasteiger partial charge in [0.25, 0.3) is 0 Å². The fourth-order valence-corrected chi connectivity index (χ4v) is 1.75. The Kier molecular flexibility index (Phi) is 2.64. The van der Waals surface area contributed by atoms with Gasteiger partial charge in [-0.3, -0.25) is 4.99 Å². The maximum atomic E-state index is 6.14. The second-order valence-electron chi connectivity index (χ2n) is 3.93. The Labute approximate surface area is 94.1 Å². The van der Waals surface area contributed by atoms with Crippen LogP contribution < -0.4 is 21.7 Å². The largest absolute Gasteiger partial charge is 0.401 e. The molecule has 1 aliphatic carbocycles. The predicted octanol–water partition coefficient (Wildman–Crippen LogP) is -0.599. The summed E-state index contributed by atoms with van der Waals surface area (Å²) in [4.78, 5) is 4.19. The van der Waals surface area contributed by atoms with Crippen molar-refractivity contribution in [2.24, 2.45) is 16.6 Å². The van der Waals surface area contributed by atoms with Crippen LogP contribution in [0.3, 0.4) is 0 Å². The average molecular weight is 216 g/mol. The summed E-state index contributed by atoms with van der Waals surface area (Å²) in [5.74, 6) is 0.488. The van der Waals surface area contributed by atoms with Gasteiger partial charge < -0.3 is 5.73 Å². The molecule has 0 aromatic carbocycles. The molecule has 0 bridgehead atoms. The first-order valence-electron chi connectivity index (χ1n) is 5.31. The number of hydrogen-bond acceptors (Lipinski definition) is 3. The van der Waals surface area contributed by atoms with E-state index in [4.69, 9.17) is 5.73 Å². The fraction of sp³-hybridized carbons (Fsp3) is 0.333. The van der Waals surface area contributed by atoms with Crippen LogP contribution in [0.4, 0.5) is 0 Å². The molecular formula is C12H16N4. The van der Waals surface area contributed by atoms with E-state index in [0.717, 1.165) is 34.5 Å². The van der Waals surface area contributed by atoms with Crippen LogP contribution in [0.1, 0.15) is 12.8 Å². The van der Waals surface area contributed by atoms with Gasteiger partial charge in [-0.05, 0) is 18.8 Å². The van der Waals surface area contributed by atoms with Crippen molar-refractivity contribution in [2.75, 3.05) is 7.05 Å². The first-order chi connectivity index (χ1) is 7.69. The summed E-state index contributed by atoms with van der Waals surface area (Å²) in [6.07, 6.45) is 5.63. The molecule has 0 atom stereocenters. The first-order valence-corrected chi connectivity index (χ1v) is 5.31. The van der Waals surface area contributed by atoms with Crippen LogP contribution in [0.2, 0.25) is 0 Å². The molecule has 1 fully saturated rings. The summed E-state index contributed by atoms with van der Waals surface area (Å²) < 4.78 is 1.62. The van der Waals surface area contributed by atoms with E-state index >= 15 is 0 Å². The molecular weight excluding hydrogens is 200 g/mol. The van der Waals surface area contributed by atoms with Crippen LogP contribution in [-0.2, 0) is 0 Å². The zero-order chi connectivity index (χ0) is 11.7. The van der Waals surface area contributed by atoms with E-state index < -0.39 is 0 Å². The maximum Gasteiger partial charge on any atom is 0.0882 e. The van der Waals surface area contributed by atoms with Crippen LogP contribution in [-0.4, -0.2) is 16.8 Å². The van der Waals surface area contributed by atoms with E-state index in [0.29, 0.717) is 5.92 Å². The summed E-state index contributed by atoms with van der Waals surface area (Å²) in [5.41, 5.74) is 7.02. The van der Waals surface area contributed by atoms with E-state index in [2.05, 4.69) is 23.2 Å². The highest BCUT2D eigenvalue weighted by molar-refractivity contribution is 5.46. The Hall–Kier alpha value is -1.84. The van der Waals surface area contributed by atoms with E-state index in [9.17, 15) is 0 Å². The lowest BCUT2D eigenvalue weighted by atomic mass is 10.2. The van der Waals surface area contributed by atoms with Gasteiger partial charge >= 0.3 is 0 Å². The van der Waals surface area contributed by atoms with Crippen molar-refractivity contribution < 1.29 is 0 Å². The lowest BCUT2D eigenvalue weighted by Gasteiger charge is -2.03. The number of rotatable bonds is 2. The molecule has 1 aromatic heterocycles. The highest BCUT2D eigenvalue weighted by Crippen LogP contribution is 2.33. The molecule has 0 saturated heterocycles. The van der Waals surface area contributed by atoms with Crippen LogP contribution in [0.5, 0.6) is 0 Å². The summed E-state index contributed by atoms with van der Waals surface area (Å²) in [5, 5.41) is 6.63. The second kappa shape index (κ2) is 3.96. The number of nitrogens with zero attached hydrogens (tertiary/aromatic N) is 3. The van der Waals surface area contributed by atoms with Crippen molar-refractivity contribution in [3.8, 4) is 0 Å². The molecule has 2 N–H and O–H groups in total. The molecule has 84 valence electrons. The summed E-state index contributed by atoms with van der Waals surface area (Å²) in [7, 11) is 1.73. The molecule has 2 rings (SSSR count). The third-order valence-corrected chi connectivity index (χ3v) is 2.85. The monoisotopic (exact) mass is 216 g/mol. The van der Waals surface area contributed by atoms with Gasteiger partial charge in [0.15, 0.2) is 0 Å². The van der Waals surface area contributed by atoms with Crippen molar-refractivity contribution in [1.82, 2.24) is 9.78 Å². The molecule has 0 amide bonds. The van der Waals surface area contributed by atoms with Crippen molar-refractivity contribution in [3.63, 3.8) is 0 Å². The number of nitrogens with two attached hydrogens (primary N) is 1. The highest BCUT2D eigenvalue weighted by atomic mass is 15.2.